The zero-order chi connectivity index (χ0) is 21.1. The van der Waals surface area contributed by atoms with Crippen molar-refractivity contribution in [2.75, 3.05) is 13.7 Å². The SMILES string of the molecule is COC(=O)[C@H](Cc1ccccc1)NC(=O)[C@@H]1CCN2C(=O)N[C@@H](C(C)C)C(=O)N12. The van der Waals surface area contributed by atoms with Crippen molar-refractivity contribution in [1.82, 2.24) is 20.7 Å². The maximum Gasteiger partial charge on any atom is 0.336 e. The Morgan fingerprint density at radius 1 is 1.24 bits per heavy atom. The lowest BCUT2D eigenvalue weighted by molar-refractivity contribution is -0.156. The van der Waals surface area contributed by atoms with E-state index < -0.39 is 36.0 Å². The number of methoxy groups -OCH3 is 1. The van der Waals surface area contributed by atoms with Crippen LogP contribution < -0.4 is 10.6 Å². The van der Waals surface area contributed by atoms with Gasteiger partial charge in [0.05, 0.1) is 7.11 Å². The summed E-state index contributed by atoms with van der Waals surface area (Å²) in [5.74, 6) is -1.49. The van der Waals surface area contributed by atoms with E-state index in [0.717, 1.165) is 5.56 Å². The minimum atomic E-state index is -0.890. The summed E-state index contributed by atoms with van der Waals surface area (Å²) in [6.45, 7) is 3.91. The molecule has 0 aromatic heterocycles. The fraction of sp³-hybridized carbons (Fsp3) is 0.500. The van der Waals surface area contributed by atoms with Crippen LogP contribution in [0.4, 0.5) is 4.79 Å². The predicted octanol–water partition coefficient (Wildman–Crippen LogP) is 0.453. The smallest absolute Gasteiger partial charge is 0.336 e. The second-order valence-corrected chi connectivity index (χ2v) is 7.56. The molecular formula is C20H26N4O5. The summed E-state index contributed by atoms with van der Waals surface area (Å²) in [6.07, 6.45) is 0.563. The average molecular weight is 402 g/mol. The second kappa shape index (κ2) is 8.50. The van der Waals surface area contributed by atoms with E-state index in [1.807, 2.05) is 44.2 Å². The lowest BCUT2D eigenvalue weighted by Gasteiger charge is -2.40. The molecule has 9 heteroatoms. The second-order valence-electron chi connectivity index (χ2n) is 7.56. The molecule has 2 aliphatic rings. The van der Waals surface area contributed by atoms with Crippen molar-refractivity contribution >= 4 is 23.8 Å². The summed E-state index contributed by atoms with van der Waals surface area (Å²) in [5, 5.41) is 7.88. The largest absolute Gasteiger partial charge is 0.467 e. The Hall–Kier alpha value is -3.10. The van der Waals surface area contributed by atoms with Crippen LogP contribution in [0, 0.1) is 5.92 Å². The minimum Gasteiger partial charge on any atom is -0.467 e. The number of rotatable bonds is 6. The first-order valence-corrected chi connectivity index (χ1v) is 9.66. The van der Waals surface area contributed by atoms with Crippen molar-refractivity contribution in [2.24, 2.45) is 5.92 Å². The van der Waals surface area contributed by atoms with E-state index in [0.29, 0.717) is 6.42 Å². The van der Waals surface area contributed by atoms with Gasteiger partial charge < -0.3 is 15.4 Å². The fourth-order valence-corrected chi connectivity index (χ4v) is 3.67. The fourth-order valence-electron chi connectivity index (χ4n) is 3.67. The van der Waals surface area contributed by atoms with E-state index >= 15 is 0 Å². The van der Waals surface area contributed by atoms with E-state index in [2.05, 4.69) is 10.6 Å². The summed E-state index contributed by atoms with van der Waals surface area (Å²) in [5.41, 5.74) is 0.865. The van der Waals surface area contributed by atoms with Crippen molar-refractivity contribution in [2.45, 2.75) is 44.8 Å². The van der Waals surface area contributed by atoms with Crippen LogP contribution in [-0.4, -0.2) is 65.6 Å². The molecule has 0 radical (unpaired) electrons. The van der Waals surface area contributed by atoms with Crippen LogP contribution >= 0.6 is 0 Å². The Balaban J connectivity index is 1.76. The standard InChI is InChI=1S/C20H26N4O5/c1-12(2)16-18(26)24-15(9-10-23(24)20(28)22-16)17(25)21-14(19(27)29-3)11-13-7-5-4-6-8-13/h4-8,12,14-16H,9-11H2,1-3H3,(H,21,25)(H,22,28)/t14-,15-,16-/m0/s1. The summed E-state index contributed by atoms with van der Waals surface area (Å²) < 4.78 is 4.83. The van der Waals surface area contributed by atoms with Gasteiger partial charge in [0.15, 0.2) is 0 Å². The minimum absolute atomic E-state index is 0.112. The molecule has 2 N–H and O–H groups in total. The first kappa shape index (κ1) is 20.6. The number of esters is 1. The molecule has 1 aromatic carbocycles. The normalized spacial score (nSPS) is 22.2. The number of nitrogens with one attached hydrogen (secondary N) is 2. The van der Waals surface area contributed by atoms with Gasteiger partial charge in [0.2, 0.25) is 5.91 Å². The molecule has 2 saturated heterocycles. The molecule has 2 heterocycles. The molecule has 156 valence electrons. The van der Waals surface area contributed by atoms with Gasteiger partial charge >= 0.3 is 12.0 Å². The number of urea groups is 1. The molecule has 9 nitrogen and oxygen atoms in total. The van der Waals surface area contributed by atoms with Gasteiger partial charge in [-0.25, -0.2) is 19.6 Å². The third-order valence-corrected chi connectivity index (χ3v) is 5.23. The van der Waals surface area contributed by atoms with Gasteiger partial charge in [-0.15, -0.1) is 0 Å². The maximum absolute atomic E-state index is 13.0. The Morgan fingerprint density at radius 3 is 2.55 bits per heavy atom. The lowest BCUT2D eigenvalue weighted by atomic mass is 10.0. The third-order valence-electron chi connectivity index (χ3n) is 5.23. The number of hydrogen-bond acceptors (Lipinski definition) is 5. The lowest BCUT2D eigenvalue weighted by Crippen LogP contribution is -2.67. The first-order chi connectivity index (χ1) is 13.8. The van der Waals surface area contributed by atoms with E-state index in [1.165, 1.54) is 17.1 Å². The van der Waals surface area contributed by atoms with Crippen molar-refractivity contribution in [3.8, 4) is 0 Å². The maximum atomic E-state index is 13.0. The van der Waals surface area contributed by atoms with E-state index in [1.54, 1.807) is 0 Å². The average Bonchev–Trinajstić information content (AvgIpc) is 3.16. The number of fused-ring (bicyclic) bond motifs is 1. The van der Waals surface area contributed by atoms with Crippen molar-refractivity contribution in [1.29, 1.82) is 0 Å². The molecule has 0 bridgehead atoms. The molecule has 2 aliphatic heterocycles. The molecule has 4 amide bonds. The van der Waals surface area contributed by atoms with Gasteiger partial charge in [0, 0.05) is 13.0 Å². The Kier molecular flexibility index (Phi) is 6.05. The van der Waals surface area contributed by atoms with Crippen molar-refractivity contribution in [3.05, 3.63) is 35.9 Å². The molecule has 3 rings (SSSR count). The zero-order valence-electron chi connectivity index (χ0n) is 16.8. The highest BCUT2D eigenvalue weighted by Gasteiger charge is 2.49. The number of ether oxygens (including phenoxy) is 1. The molecule has 1 aromatic rings. The van der Waals surface area contributed by atoms with Crippen LogP contribution in [0.1, 0.15) is 25.8 Å². The van der Waals surface area contributed by atoms with E-state index in [4.69, 9.17) is 4.74 Å². The number of carbonyl (C=O) groups excluding carboxylic acids is 4. The van der Waals surface area contributed by atoms with Crippen molar-refractivity contribution in [3.63, 3.8) is 0 Å². The summed E-state index contributed by atoms with van der Waals surface area (Å²) in [7, 11) is 1.26. The molecule has 3 atom stereocenters. The van der Waals surface area contributed by atoms with Gasteiger partial charge in [-0.05, 0) is 17.9 Å². The van der Waals surface area contributed by atoms with Crippen LogP contribution in [0.15, 0.2) is 30.3 Å². The highest BCUT2D eigenvalue weighted by molar-refractivity contribution is 5.97. The van der Waals surface area contributed by atoms with Gasteiger partial charge in [-0.3, -0.25) is 9.59 Å². The van der Waals surface area contributed by atoms with Crippen LogP contribution in [-0.2, 0) is 25.5 Å². The zero-order valence-corrected chi connectivity index (χ0v) is 16.8. The van der Waals surface area contributed by atoms with Gasteiger partial charge in [0.25, 0.3) is 5.91 Å². The molecule has 29 heavy (non-hydrogen) atoms. The predicted molar refractivity (Wildman–Crippen MR) is 103 cm³/mol. The van der Waals surface area contributed by atoms with Gasteiger partial charge in [-0.2, -0.15) is 0 Å². The van der Waals surface area contributed by atoms with Gasteiger partial charge in [-0.1, -0.05) is 44.2 Å². The van der Waals surface area contributed by atoms with Gasteiger partial charge in [0.1, 0.15) is 18.1 Å². The number of hydrazine groups is 1. The summed E-state index contributed by atoms with van der Waals surface area (Å²) in [6, 6.07) is 6.43. The quantitative estimate of drug-likeness (QED) is 0.672. The number of benzene rings is 1. The molecule has 0 unspecified atom stereocenters. The number of carbonyl (C=O) groups is 4. The first-order valence-electron chi connectivity index (χ1n) is 9.66. The molecule has 2 fully saturated rings. The van der Waals surface area contributed by atoms with Crippen LogP contribution in [0.2, 0.25) is 0 Å². The highest BCUT2D eigenvalue weighted by atomic mass is 16.5. The molecule has 0 spiro atoms. The molecule has 0 saturated carbocycles. The summed E-state index contributed by atoms with van der Waals surface area (Å²) in [4.78, 5) is 50.4. The van der Waals surface area contributed by atoms with Crippen LogP contribution in [0.5, 0.6) is 0 Å². The molecular weight excluding hydrogens is 376 g/mol. The molecule has 0 aliphatic carbocycles. The van der Waals surface area contributed by atoms with Crippen molar-refractivity contribution < 1.29 is 23.9 Å². The monoisotopic (exact) mass is 402 g/mol. The summed E-state index contributed by atoms with van der Waals surface area (Å²) >= 11 is 0. The Bertz CT molecular complexity index is 797. The topological polar surface area (TPSA) is 108 Å². The number of nitrogens with zero attached hydrogens (tertiary/aromatic N) is 2. The number of amides is 4. The highest BCUT2D eigenvalue weighted by Crippen LogP contribution is 2.25. The Labute approximate surface area is 169 Å². The van der Waals surface area contributed by atoms with E-state index in [-0.39, 0.29) is 24.8 Å². The third kappa shape index (κ3) is 4.18. The van der Waals surface area contributed by atoms with Crippen LogP contribution in [0.25, 0.3) is 0 Å². The van der Waals surface area contributed by atoms with Crippen LogP contribution in [0.3, 0.4) is 0 Å². The Morgan fingerprint density at radius 2 is 1.93 bits per heavy atom. The number of hydrogen-bond donors (Lipinski definition) is 2. The van der Waals surface area contributed by atoms with E-state index in [9.17, 15) is 19.2 Å².